The maximum Gasteiger partial charge on any atom is 0.339 e. The van der Waals surface area contributed by atoms with Gasteiger partial charge in [0, 0.05) is 47.9 Å². The third-order valence-corrected chi connectivity index (χ3v) is 6.31. The average molecular weight is 477 g/mol. The molecule has 3 rings (SSSR count). The van der Waals surface area contributed by atoms with Gasteiger partial charge < -0.3 is 10.1 Å². The van der Waals surface area contributed by atoms with E-state index in [2.05, 4.69) is 20.3 Å². The first-order valence-corrected chi connectivity index (χ1v) is 13.0. The molecule has 0 radical (unpaired) electrons. The Kier molecular flexibility index (Phi) is 6.55. The number of nitrogens with one attached hydrogen (secondary N) is 1. The molecule has 0 saturated carbocycles. The molecule has 0 aliphatic heterocycles. The van der Waals surface area contributed by atoms with E-state index in [0.717, 1.165) is 12.5 Å². The van der Waals surface area contributed by atoms with Crippen molar-refractivity contribution in [2.45, 2.75) is 16.8 Å². The standard InChI is InChI=1S/C20H20N4O6S2/c1-4-30-19(25)14-8-13(10-21-11-14)17-12-22-20(24-18(17)32(3,28)29)23-15-6-5-7-16(9-15)31(2,26)27/h5-12H,4H2,1-3H3,(H,22,23,24). The topological polar surface area (TPSA) is 145 Å². The molecule has 3 aromatic rings. The van der Waals surface area contributed by atoms with E-state index in [9.17, 15) is 21.6 Å². The molecule has 0 atom stereocenters. The number of pyridine rings is 1. The van der Waals surface area contributed by atoms with Crippen molar-refractivity contribution in [3.63, 3.8) is 0 Å². The molecule has 0 aliphatic rings. The van der Waals surface area contributed by atoms with E-state index in [1.54, 1.807) is 13.0 Å². The monoisotopic (exact) mass is 476 g/mol. The Balaban J connectivity index is 2.03. The van der Waals surface area contributed by atoms with Gasteiger partial charge in [0.15, 0.2) is 24.7 Å². The van der Waals surface area contributed by atoms with E-state index in [-0.39, 0.29) is 33.6 Å². The van der Waals surface area contributed by atoms with Crippen molar-refractivity contribution >= 4 is 37.3 Å². The number of hydrogen-bond acceptors (Lipinski definition) is 10. The second-order valence-electron chi connectivity index (χ2n) is 6.79. The first kappa shape index (κ1) is 23.3. The van der Waals surface area contributed by atoms with Crippen LogP contribution in [0, 0.1) is 0 Å². The average Bonchev–Trinajstić information content (AvgIpc) is 2.73. The van der Waals surface area contributed by atoms with Crippen molar-refractivity contribution < 1.29 is 26.4 Å². The Morgan fingerprint density at radius 3 is 2.44 bits per heavy atom. The van der Waals surface area contributed by atoms with Crippen LogP contribution in [-0.2, 0) is 24.4 Å². The van der Waals surface area contributed by atoms with Crippen molar-refractivity contribution in [1.29, 1.82) is 0 Å². The molecule has 32 heavy (non-hydrogen) atoms. The van der Waals surface area contributed by atoms with Crippen LogP contribution in [0.25, 0.3) is 11.1 Å². The van der Waals surface area contributed by atoms with E-state index < -0.39 is 25.6 Å². The lowest BCUT2D eigenvalue weighted by Crippen LogP contribution is -2.09. The number of sulfone groups is 2. The second-order valence-corrected chi connectivity index (χ2v) is 10.7. The largest absolute Gasteiger partial charge is 0.462 e. The Hall–Kier alpha value is -3.38. The summed E-state index contributed by atoms with van der Waals surface area (Å²) < 4.78 is 53.3. The summed E-state index contributed by atoms with van der Waals surface area (Å²) in [5.41, 5.74) is 0.998. The van der Waals surface area contributed by atoms with Gasteiger partial charge in [0.05, 0.1) is 17.1 Å². The van der Waals surface area contributed by atoms with Gasteiger partial charge in [0.25, 0.3) is 0 Å². The summed E-state index contributed by atoms with van der Waals surface area (Å²) >= 11 is 0. The van der Waals surface area contributed by atoms with Gasteiger partial charge in [0.2, 0.25) is 5.95 Å². The first-order valence-electron chi connectivity index (χ1n) is 9.26. The van der Waals surface area contributed by atoms with Crippen LogP contribution in [0.3, 0.4) is 0 Å². The van der Waals surface area contributed by atoms with Gasteiger partial charge in [0.1, 0.15) is 0 Å². The fourth-order valence-electron chi connectivity index (χ4n) is 2.75. The van der Waals surface area contributed by atoms with Crippen molar-refractivity contribution in [3.8, 4) is 11.1 Å². The third-order valence-electron chi connectivity index (χ3n) is 4.18. The number of benzene rings is 1. The normalized spacial score (nSPS) is 11.7. The van der Waals surface area contributed by atoms with Gasteiger partial charge in [-0.25, -0.2) is 31.6 Å². The number of esters is 1. The van der Waals surface area contributed by atoms with Crippen LogP contribution in [0.15, 0.2) is 58.8 Å². The predicted octanol–water partition coefficient (Wildman–Crippen LogP) is 2.27. The van der Waals surface area contributed by atoms with Crippen LogP contribution in [0.5, 0.6) is 0 Å². The lowest BCUT2D eigenvalue weighted by atomic mass is 10.1. The fraction of sp³-hybridized carbons (Fsp3) is 0.200. The van der Waals surface area contributed by atoms with Gasteiger partial charge >= 0.3 is 5.97 Å². The zero-order valence-electron chi connectivity index (χ0n) is 17.4. The van der Waals surface area contributed by atoms with E-state index >= 15 is 0 Å². The summed E-state index contributed by atoms with van der Waals surface area (Å²) in [5, 5.41) is 2.53. The summed E-state index contributed by atoms with van der Waals surface area (Å²) in [4.78, 5) is 24.3. The molecule has 2 aromatic heterocycles. The molecule has 1 N–H and O–H groups in total. The number of carbonyl (C=O) groups is 1. The minimum atomic E-state index is -3.80. The number of nitrogens with zero attached hydrogens (tertiary/aromatic N) is 3. The van der Waals surface area contributed by atoms with Gasteiger partial charge in [-0.15, -0.1) is 0 Å². The molecule has 168 valence electrons. The quantitative estimate of drug-likeness (QED) is 0.398. The zero-order valence-corrected chi connectivity index (χ0v) is 19.1. The summed E-state index contributed by atoms with van der Waals surface area (Å²) in [6, 6.07) is 7.41. The van der Waals surface area contributed by atoms with E-state index in [0.29, 0.717) is 11.3 Å². The van der Waals surface area contributed by atoms with Crippen LogP contribution >= 0.6 is 0 Å². The maximum atomic E-state index is 12.4. The molecular weight excluding hydrogens is 456 g/mol. The molecule has 0 fully saturated rings. The highest BCUT2D eigenvalue weighted by atomic mass is 32.2. The molecule has 0 bridgehead atoms. The lowest BCUT2D eigenvalue weighted by Gasteiger charge is -2.11. The zero-order chi connectivity index (χ0) is 23.5. The molecule has 0 saturated heterocycles. The van der Waals surface area contributed by atoms with Crippen molar-refractivity contribution in [2.24, 2.45) is 0 Å². The third kappa shape index (κ3) is 5.45. The number of carbonyl (C=O) groups excluding carboxylic acids is 1. The van der Waals surface area contributed by atoms with Crippen molar-refractivity contribution in [2.75, 3.05) is 24.4 Å². The smallest absolute Gasteiger partial charge is 0.339 e. The maximum absolute atomic E-state index is 12.4. The van der Waals surface area contributed by atoms with Crippen LogP contribution in [-0.4, -0.2) is 56.9 Å². The Morgan fingerprint density at radius 2 is 1.78 bits per heavy atom. The molecule has 12 heteroatoms. The molecule has 0 unspecified atom stereocenters. The number of anilines is 2. The fourth-order valence-corrected chi connectivity index (χ4v) is 4.24. The molecule has 10 nitrogen and oxygen atoms in total. The van der Waals surface area contributed by atoms with Gasteiger partial charge in [-0.1, -0.05) is 6.07 Å². The summed E-state index contributed by atoms with van der Waals surface area (Å²) in [5.74, 6) is -0.637. The Bertz CT molecular complexity index is 1390. The minimum Gasteiger partial charge on any atom is -0.462 e. The van der Waals surface area contributed by atoms with Crippen molar-refractivity contribution in [3.05, 3.63) is 54.5 Å². The van der Waals surface area contributed by atoms with Crippen LogP contribution in [0.4, 0.5) is 11.6 Å². The lowest BCUT2D eigenvalue weighted by molar-refractivity contribution is 0.0526. The molecular formula is C20H20N4O6S2. The number of ether oxygens (including phenoxy) is 1. The Morgan fingerprint density at radius 1 is 1.03 bits per heavy atom. The number of rotatable bonds is 7. The van der Waals surface area contributed by atoms with Gasteiger partial charge in [-0.2, -0.15) is 0 Å². The number of hydrogen-bond donors (Lipinski definition) is 1. The molecule has 0 aliphatic carbocycles. The molecule has 0 spiro atoms. The summed E-state index contributed by atoms with van der Waals surface area (Å²) in [6.45, 7) is 1.85. The number of aromatic nitrogens is 3. The van der Waals surface area contributed by atoms with Crippen LogP contribution in [0.1, 0.15) is 17.3 Å². The summed E-state index contributed by atoms with van der Waals surface area (Å²) in [7, 11) is -7.23. The van der Waals surface area contributed by atoms with Crippen LogP contribution < -0.4 is 5.32 Å². The SMILES string of the molecule is CCOC(=O)c1cncc(-c2cnc(Nc3cccc(S(C)(=O)=O)c3)nc2S(C)(=O)=O)c1. The highest BCUT2D eigenvalue weighted by molar-refractivity contribution is 7.91. The summed E-state index contributed by atoms with van der Waals surface area (Å²) in [6.07, 6.45) is 6.07. The Labute approximate surface area is 185 Å². The predicted molar refractivity (Wildman–Crippen MR) is 117 cm³/mol. The molecule has 2 heterocycles. The molecule has 1 aromatic carbocycles. The first-order chi connectivity index (χ1) is 15.0. The van der Waals surface area contributed by atoms with Crippen molar-refractivity contribution in [1.82, 2.24) is 15.0 Å². The van der Waals surface area contributed by atoms with Gasteiger partial charge in [-0.05, 0) is 31.2 Å². The minimum absolute atomic E-state index is 0.0469. The highest BCUT2D eigenvalue weighted by Crippen LogP contribution is 2.27. The van der Waals surface area contributed by atoms with E-state index in [4.69, 9.17) is 4.74 Å². The van der Waals surface area contributed by atoms with Gasteiger partial charge in [-0.3, -0.25) is 4.98 Å². The van der Waals surface area contributed by atoms with E-state index in [1.165, 1.54) is 42.9 Å². The van der Waals surface area contributed by atoms with E-state index in [1.807, 2.05) is 0 Å². The highest BCUT2D eigenvalue weighted by Gasteiger charge is 2.20. The molecule has 0 amide bonds. The van der Waals surface area contributed by atoms with Crippen LogP contribution in [0.2, 0.25) is 0 Å². The second kappa shape index (κ2) is 9.01.